The van der Waals surface area contributed by atoms with Crippen LogP contribution in [0.1, 0.15) is 29.6 Å². The molecule has 2 amide bonds. The highest BCUT2D eigenvalue weighted by Crippen LogP contribution is 2.20. The van der Waals surface area contributed by atoms with Gasteiger partial charge in [0.15, 0.2) is 0 Å². The van der Waals surface area contributed by atoms with E-state index in [1.807, 2.05) is 27.8 Å². The molecular weight excluding hydrogens is 372 g/mol. The van der Waals surface area contributed by atoms with Gasteiger partial charge in [0.05, 0.1) is 19.4 Å². The lowest BCUT2D eigenvalue weighted by molar-refractivity contribution is -0.133. The Morgan fingerprint density at radius 3 is 2.62 bits per heavy atom. The largest absolute Gasteiger partial charge is 0.490 e. The van der Waals surface area contributed by atoms with Crippen molar-refractivity contribution in [3.05, 3.63) is 48.5 Å². The first kappa shape index (κ1) is 20.9. The van der Waals surface area contributed by atoms with Crippen LogP contribution in [-0.4, -0.2) is 65.7 Å². The molecule has 29 heavy (non-hydrogen) atoms. The molecule has 1 aromatic heterocycles. The van der Waals surface area contributed by atoms with Crippen molar-refractivity contribution >= 4 is 11.8 Å². The molecule has 1 aromatic carbocycles. The molecule has 156 valence electrons. The number of carbonyl (C=O) groups excluding carboxylic acids is 2. The van der Waals surface area contributed by atoms with Gasteiger partial charge in [0.1, 0.15) is 11.9 Å². The normalized spacial score (nSPS) is 14.6. The van der Waals surface area contributed by atoms with Gasteiger partial charge >= 0.3 is 0 Å². The summed E-state index contributed by atoms with van der Waals surface area (Å²) < 4.78 is 12.9. The van der Waals surface area contributed by atoms with E-state index in [1.165, 1.54) is 0 Å². The lowest BCUT2D eigenvalue weighted by Crippen LogP contribution is -2.42. The van der Waals surface area contributed by atoms with Gasteiger partial charge in [0, 0.05) is 64.1 Å². The maximum absolute atomic E-state index is 12.2. The SMILES string of the molecule is COCCC(=O)N1CCC(Oc2ccc(C(=O)NCCn3ccnc3)cc2)CC1. The van der Waals surface area contributed by atoms with Gasteiger partial charge in [-0.1, -0.05) is 0 Å². The van der Waals surface area contributed by atoms with Crippen molar-refractivity contribution in [2.24, 2.45) is 0 Å². The van der Waals surface area contributed by atoms with Gasteiger partial charge in [0.2, 0.25) is 5.91 Å². The maximum Gasteiger partial charge on any atom is 0.251 e. The van der Waals surface area contributed by atoms with Gasteiger partial charge in [-0.2, -0.15) is 0 Å². The van der Waals surface area contributed by atoms with Gasteiger partial charge in [0.25, 0.3) is 5.91 Å². The molecule has 1 saturated heterocycles. The lowest BCUT2D eigenvalue weighted by Gasteiger charge is -2.32. The fourth-order valence-electron chi connectivity index (χ4n) is 3.27. The number of imidazole rings is 1. The van der Waals surface area contributed by atoms with Gasteiger partial charge in [-0.15, -0.1) is 0 Å². The zero-order valence-corrected chi connectivity index (χ0v) is 16.8. The summed E-state index contributed by atoms with van der Waals surface area (Å²) in [5.41, 5.74) is 0.599. The van der Waals surface area contributed by atoms with Gasteiger partial charge in [-0.3, -0.25) is 9.59 Å². The first-order chi connectivity index (χ1) is 14.2. The fourth-order valence-corrected chi connectivity index (χ4v) is 3.27. The van der Waals surface area contributed by atoms with Crippen LogP contribution in [0.4, 0.5) is 0 Å². The molecular formula is C21H28N4O4. The Hall–Kier alpha value is -2.87. The molecule has 1 N–H and O–H groups in total. The first-order valence-corrected chi connectivity index (χ1v) is 9.93. The summed E-state index contributed by atoms with van der Waals surface area (Å²) in [6, 6.07) is 7.18. The van der Waals surface area contributed by atoms with Crippen molar-refractivity contribution < 1.29 is 19.1 Å². The highest BCUT2D eigenvalue weighted by atomic mass is 16.5. The predicted octanol–water partition coefficient (Wildman–Crippen LogP) is 1.72. The number of hydrogen-bond acceptors (Lipinski definition) is 5. The van der Waals surface area contributed by atoms with Crippen molar-refractivity contribution in [1.82, 2.24) is 19.8 Å². The van der Waals surface area contributed by atoms with Crippen LogP contribution < -0.4 is 10.1 Å². The fraction of sp³-hybridized carbons (Fsp3) is 0.476. The number of hydrogen-bond donors (Lipinski definition) is 1. The minimum atomic E-state index is -0.112. The molecule has 1 aliphatic heterocycles. The average molecular weight is 400 g/mol. The van der Waals surface area contributed by atoms with Crippen molar-refractivity contribution in [1.29, 1.82) is 0 Å². The zero-order valence-electron chi connectivity index (χ0n) is 16.8. The van der Waals surface area contributed by atoms with E-state index in [4.69, 9.17) is 9.47 Å². The molecule has 3 rings (SSSR count). The van der Waals surface area contributed by atoms with Gasteiger partial charge < -0.3 is 24.3 Å². The second-order valence-electron chi connectivity index (χ2n) is 7.02. The number of amides is 2. The number of aromatic nitrogens is 2. The number of benzene rings is 1. The Kier molecular flexibility index (Phi) is 7.63. The van der Waals surface area contributed by atoms with Crippen LogP contribution in [-0.2, 0) is 16.1 Å². The molecule has 0 unspecified atom stereocenters. The topological polar surface area (TPSA) is 85.7 Å². The Balaban J connectivity index is 1.40. The number of ether oxygens (including phenoxy) is 2. The van der Waals surface area contributed by atoms with Crippen molar-refractivity contribution in [2.45, 2.75) is 31.9 Å². The molecule has 0 saturated carbocycles. The number of piperidine rings is 1. The summed E-state index contributed by atoms with van der Waals surface area (Å²) in [5.74, 6) is 0.761. The third-order valence-electron chi connectivity index (χ3n) is 4.95. The Morgan fingerprint density at radius 2 is 1.97 bits per heavy atom. The number of methoxy groups -OCH3 is 1. The Labute approximate surface area is 170 Å². The standard InChI is InChI=1S/C21H28N4O4/c1-28-15-8-20(26)25-11-6-19(7-12-25)29-18-4-2-17(3-5-18)21(27)23-10-14-24-13-9-22-16-24/h2-5,9,13,16,19H,6-8,10-12,14-15H2,1H3,(H,23,27). The molecule has 0 bridgehead atoms. The van der Waals surface area contributed by atoms with Gasteiger partial charge in [-0.25, -0.2) is 4.98 Å². The van der Waals surface area contributed by atoms with Crippen LogP contribution >= 0.6 is 0 Å². The van der Waals surface area contributed by atoms with Crippen LogP contribution in [0.15, 0.2) is 43.0 Å². The van der Waals surface area contributed by atoms with E-state index in [0.717, 1.165) is 18.6 Å². The van der Waals surface area contributed by atoms with E-state index in [9.17, 15) is 9.59 Å². The van der Waals surface area contributed by atoms with E-state index in [2.05, 4.69) is 10.3 Å². The van der Waals surface area contributed by atoms with Crippen molar-refractivity contribution in [3.8, 4) is 5.75 Å². The Bertz CT molecular complexity index is 768. The molecule has 0 aliphatic carbocycles. The third-order valence-corrected chi connectivity index (χ3v) is 4.95. The van der Waals surface area contributed by atoms with Crippen LogP contribution in [0.2, 0.25) is 0 Å². The van der Waals surface area contributed by atoms with E-state index in [-0.39, 0.29) is 17.9 Å². The minimum Gasteiger partial charge on any atom is -0.490 e. The molecule has 2 aromatic rings. The van der Waals surface area contributed by atoms with Crippen LogP contribution in [0, 0.1) is 0 Å². The number of nitrogens with zero attached hydrogens (tertiary/aromatic N) is 3. The maximum atomic E-state index is 12.2. The van der Waals surface area contributed by atoms with Crippen LogP contribution in [0.5, 0.6) is 5.75 Å². The summed E-state index contributed by atoms with van der Waals surface area (Å²) in [6.07, 6.45) is 7.40. The highest BCUT2D eigenvalue weighted by molar-refractivity contribution is 5.94. The van der Waals surface area contributed by atoms with E-state index < -0.39 is 0 Å². The quantitative estimate of drug-likeness (QED) is 0.693. The number of rotatable bonds is 9. The molecule has 0 atom stereocenters. The Morgan fingerprint density at radius 1 is 1.21 bits per heavy atom. The number of nitrogens with one attached hydrogen (secondary N) is 1. The molecule has 8 nitrogen and oxygen atoms in total. The van der Waals surface area contributed by atoms with Crippen molar-refractivity contribution in [2.75, 3.05) is 33.4 Å². The monoisotopic (exact) mass is 400 g/mol. The zero-order chi connectivity index (χ0) is 20.5. The first-order valence-electron chi connectivity index (χ1n) is 9.93. The van der Waals surface area contributed by atoms with Crippen LogP contribution in [0.25, 0.3) is 0 Å². The predicted molar refractivity (Wildman–Crippen MR) is 108 cm³/mol. The summed E-state index contributed by atoms with van der Waals surface area (Å²) in [7, 11) is 1.60. The third kappa shape index (κ3) is 6.32. The minimum absolute atomic E-state index is 0.0799. The summed E-state index contributed by atoms with van der Waals surface area (Å²) in [6.45, 7) is 3.07. The average Bonchev–Trinajstić information content (AvgIpc) is 3.26. The summed E-state index contributed by atoms with van der Waals surface area (Å²) >= 11 is 0. The van der Waals surface area contributed by atoms with E-state index in [1.54, 1.807) is 31.8 Å². The summed E-state index contributed by atoms with van der Waals surface area (Å²) in [5, 5.41) is 2.89. The molecule has 2 heterocycles. The number of carbonyl (C=O) groups is 2. The molecule has 8 heteroatoms. The smallest absolute Gasteiger partial charge is 0.251 e. The molecule has 0 radical (unpaired) electrons. The second-order valence-corrected chi connectivity index (χ2v) is 7.02. The number of likely N-dealkylation sites (tertiary alicyclic amines) is 1. The van der Waals surface area contributed by atoms with E-state index >= 15 is 0 Å². The molecule has 0 spiro atoms. The highest BCUT2D eigenvalue weighted by Gasteiger charge is 2.23. The van der Waals surface area contributed by atoms with Crippen molar-refractivity contribution in [3.63, 3.8) is 0 Å². The lowest BCUT2D eigenvalue weighted by atomic mass is 10.1. The molecule has 1 aliphatic rings. The van der Waals surface area contributed by atoms with Crippen LogP contribution in [0.3, 0.4) is 0 Å². The van der Waals surface area contributed by atoms with E-state index in [0.29, 0.717) is 44.8 Å². The molecule has 1 fully saturated rings. The van der Waals surface area contributed by atoms with Gasteiger partial charge in [-0.05, 0) is 24.3 Å². The second kappa shape index (κ2) is 10.6. The summed E-state index contributed by atoms with van der Waals surface area (Å²) in [4.78, 5) is 30.1.